The number of amides is 1. The predicted octanol–water partition coefficient (Wildman–Crippen LogP) is 3.69. The Hall–Kier alpha value is -3.67. The van der Waals surface area contributed by atoms with Gasteiger partial charge in [-0.1, -0.05) is 48.5 Å². The fraction of sp³-hybridized carbons (Fsp3) is 0.136. The van der Waals surface area contributed by atoms with Gasteiger partial charge in [-0.3, -0.25) is 9.48 Å². The number of para-hydroxylation sites is 1. The molecule has 0 bridgehead atoms. The molecule has 1 amide bonds. The lowest BCUT2D eigenvalue weighted by atomic mass is 10.1. The summed E-state index contributed by atoms with van der Waals surface area (Å²) < 4.78 is 3.53. The van der Waals surface area contributed by atoms with Crippen LogP contribution in [0.1, 0.15) is 23.0 Å². The van der Waals surface area contributed by atoms with Crippen LogP contribution in [0.5, 0.6) is 0 Å². The van der Waals surface area contributed by atoms with Crippen LogP contribution >= 0.6 is 0 Å². The summed E-state index contributed by atoms with van der Waals surface area (Å²) in [6, 6.07) is 21.7. The molecule has 0 spiro atoms. The third-order valence-corrected chi connectivity index (χ3v) is 4.55. The second-order valence-electron chi connectivity index (χ2n) is 6.36. The first-order valence-corrected chi connectivity index (χ1v) is 9.25. The number of aromatic nitrogens is 4. The minimum absolute atomic E-state index is 0.147. The Morgan fingerprint density at radius 3 is 2.43 bits per heavy atom. The molecule has 0 atom stereocenters. The number of nitrogens with zero attached hydrogens (tertiary/aromatic N) is 4. The van der Waals surface area contributed by atoms with Crippen LogP contribution in [0.15, 0.2) is 79.1 Å². The van der Waals surface area contributed by atoms with Crippen molar-refractivity contribution in [2.45, 2.75) is 20.0 Å². The zero-order valence-corrected chi connectivity index (χ0v) is 15.6. The number of hydrogen-bond acceptors (Lipinski definition) is 3. The van der Waals surface area contributed by atoms with E-state index in [1.807, 2.05) is 78.5 Å². The number of hydrogen-bond donors (Lipinski definition) is 1. The van der Waals surface area contributed by atoms with Crippen molar-refractivity contribution in [2.75, 3.05) is 0 Å². The van der Waals surface area contributed by atoms with Crippen LogP contribution in [0, 0.1) is 0 Å². The monoisotopic (exact) mass is 371 g/mol. The second kappa shape index (κ2) is 7.92. The highest BCUT2D eigenvalue weighted by Crippen LogP contribution is 2.23. The van der Waals surface area contributed by atoms with Crippen molar-refractivity contribution in [2.24, 2.45) is 0 Å². The van der Waals surface area contributed by atoms with Gasteiger partial charge in [0.25, 0.3) is 5.91 Å². The van der Waals surface area contributed by atoms with Crippen LogP contribution in [0.25, 0.3) is 16.9 Å². The highest BCUT2D eigenvalue weighted by Gasteiger charge is 2.15. The summed E-state index contributed by atoms with van der Waals surface area (Å²) in [5.41, 5.74) is 4.35. The smallest absolute Gasteiger partial charge is 0.269 e. The molecule has 2 heterocycles. The summed E-state index contributed by atoms with van der Waals surface area (Å²) in [7, 11) is 0. The van der Waals surface area contributed by atoms with E-state index in [4.69, 9.17) is 5.10 Å². The summed E-state index contributed by atoms with van der Waals surface area (Å²) in [5.74, 6) is -0.147. The van der Waals surface area contributed by atoms with Crippen molar-refractivity contribution in [3.05, 3.63) is 90.4 Å². The molecule has 0 aliphatic carbocycles. The molecular formula is C22H21N5O. The third kappa shape index (κ3) is 3.57. The molecule has 0 unspecified atom stereocenters. The van der Waals surface area contributed by atoms with E-state index in [1.165, 1.54) is 0 Å². The van der Waals surface area contributed by atoms with Gasteiger partial charge in [0.05, 0.1) is 11.4 Å². The number of rotatable bonds is 6. The average Bonchev–Trinajstić information content (AvgIpc) is 3.40. The van der Waals surface area contributed by atoms with Gasteiger partial charge in [-0.05, 0) is 25.1 Å². The summed E-state index contributed by atoms with van der Waals surface area (Å²) in [5, 5.41) is 11.9. The van der Waals surface area contributed by atoms with E-state index in [-0.39, 0.29) is 5.91 Å². The van der Waals surface area contributed by atoms with Crippen LogP contribution in [0.2, 0.25) is 0 Å². The molecular weight excluding hydrogens is 350 g/mol. The van der Waals surface area contributed by atoms with Crippen molar-refractivity contribution < 1.29 is 4.79 Å². The van der Waals surface area contributed by atoms with Gasteiger partial charge in [-0.2, -0.15) is 10.2 Å². The molecule has 0 fully saturated rings. The van der Waals surface area contributed by atoms with E-state index < -0.39 is 0 Å². The number of aryl methyl sites for hydroxylation is 1. The first kappa shape index (κ1) is 17.7. The summed E-state index contributed by atoms with van der Waals surface area (Å²) in [6.07, 6.45) is 3.61. The van der Waals surface area contributed by atoms with E-state index in [2.05, 4.69) is 10.4 Å². The Balaban J connectivity index is 1.63. The molecule has 0 radical (unpaired) electrons. The van der Waals surface area contributed by atoms with Gasteiger partial charge in [0.15, 0.2) is 0 Å². The Labute approximate surface area is 163 Å². The van der Waals surface area contributed by atoms with Gasteiger partial charge in [0.2, 0.25) is 0 Å². The Kier molecular flexibility index (Phi) is 5.01. The molecule has 0 saturated heterocycles. The minimum atomic E-state index is -0.147. The van der Waals surface area contributed by atoms with Gasteiger partial charge in [0.1, 0.15) is 5.69 Å². The number of carbonyl (C=O) groups excluding carboxylic acids is 1. The number of carbonyl (C=O) groups is 1. The number of nitrogens with one attached hydrogen (secondary N) is 1. The Morgan fingerprint density at radius 1 is 1.00 bits per heavy atom. The fourth-order valence-electron chi connectivity index (χ4n) is 3.13. The SMILES string of the molecule is CCn1nccc1C(=O)NCc1cn(-c2ccccc2)nc1-c1ccccc1. The van der Waals surface area contributed by atoms with Crippen LogP contribution in [-0.2, 0) is 13.1 Å². The molecule has 6 nitrogen and oxygen atoms in total. The standard InChI is InChI=1S/C22H21N5O/c1-2-26-20(13-14-24-26)22(28)23-15-18-16-27(19-11-7-4-8-12-19)25-21(18)17-9-5-3-6-10-17/h3-14,16H,2,15H2,1H3,(H,23,28). The van der Waals surface area contributed by atoms with Gasteiger partial charge < -0.3 is 5.32 Å². The molecule has 6 heteroatoms. The van der Waals surface area contributed by atoms with Crippen LogP contribution in [-0.4, -0.2) is 25.5 Å². The minimum Gasteiger partial charge on any atom is -0.346 e. The Morgan fingerprint density at radius 2 is 1.71 bits per heavy atom. The lowest BCUT2D eigenvalue weighted by Gasteiger charge is -2.07. The van der Waals surface area contributed by atoms with Crippen LogP contribution < -0.4 is 5.32 Å². The van der Waals surface area contributed by atoms with Gasteiger partial charge >= 0.3 is 0 Å². The molecule has 0 aliphatic rings. The van der Waals surface area contributed by atoms with Gasteiger partial charge in [-0.15, -0.1) is 0 Å². The van der Waals surface area contributed by atoms with Crippen molar-refractivity contribution in [3.63, 3.8) is 0 Å². The zero-order chi connectivity index (χ0) is 19.3. The van der Waals surface area contributed by atoms with E-state index in [0.717, 1.165) is 22.5 Å². The normalized spacial score (nSPS) is 10.8. The lowest BCUT2D eigenvalue weighted by molar-refractivity contribution is 0.0940. The quantitative estimate of drug-likeness (QED) is 0.562. The maximum absolute atomic E-state index is 12.6. The first-order chi connectivity index (χ1) is 13.8. The van der Waals surface area contributed by atoms with E-state index in [9.17, 15) is 4.79 Å². The summed E-state index contributed by atoms with van der Waals surface area (Å²) >= 11 is 0. The van der Waals surface area contributed by atoms with Crippen molar-refractivity contribution in [1.29, 1.82) is 0 Å². The van der Waals surface area contributed by atoms with Crippen molar-refractivity contribution in [1.82, 2.24) is 24.9 Å². The maximum atomic E-state index is 12.6. The topological polar surface area (TPSA) is 64.7 Å². The zero-order valence-electron chi connectivity index (χ0n) is 15.6. The second-order valence-corrected chi connectivity index (χ2v) is 6.36. The molecule has 28 heavy (non-hydrogen) atoms. The van der Waals surface area contributed by atoms with Gasteiger partial charge in [0, 0.05) is 36.6 Å². The molecule has 2 aromatic heterocycles. The highest BCUT2D eigenvalue weighted by molar-refractivity contribution is 5.92. The van der Waals surface area contributed by atoms with E-state index >= 15 is 0 Å². The Bertz CT molecular complexity index is 1070. The average molecular weight is 371 g/mol. The molecule has 4 aromatic rings. The molecule has 1 N–H and O–H groups in total. The van der Waals surface area contributed by atoms with E-state index in [1.54, 1.807) is 16.9 Å². The largest absolute Gasteiger partial charge is 0.346 e. The molecule has 140 valence electrons. The van der Waals surface area contributed by atoms with Crippen LogP contribution in [0.4, 0.5) is 0 Å². The summed E-state index contributed by atoms with van der Waals surface area (Å²) in [4.78, 5) is 12.6. The first-order valence-electron chi connectivity index (χ1n) is 9.25. The predicted molar refractivity (Wildman–Crippen MR) is 108 cm³/mol. The summed E-state index contributed by atoms with van der Waals surface area (Å²) in [6.45, 7) is 2.99. The molecule has 0 aliphatic heterocycles. The lowest BCUT2D eigenvalue weighted by Crippen LogP contribution is -2.25. The molecule has 2 aromatic carbocycles. The highest BCUT2D eigenvalue weighted by atomic mass is 16.2. The van der Waals surface area contributed by atoms with Gasteiger partial charge in [-0.25, -0.2) is 4.68 Å². The van der Waals surface area contributed by atoms with Crippen LogP contribution in [0.3, 0.4) is 0 Å². The molecule has 0 saturated carbocycles. The molecule has 4 rings (SSSR count). The number of benzene rings is 2. The fourth-order valence-corrected chi connectivity index (χ4v) is 3.13. The van der Waals surface area contributed by atoms with E-state index in [0.29, 0.717) is 18.8 Å². The maximum Gasteiger partial charge on any atom is 0.269 e. The third-order valence-electron chi connectivity index (χ3n) is 4.55. The van der Waals surface area contributed by atoms with Crippen molar-refractivity contribution in [3.8, 4) is 16.9 Å². The van der Waals surface area contributed by atoms with Crippen molar-refractivity contribution >= 4 is 5.91 Å².